The molecule has 1 saturated heterocycles. The Bertz CT molecular complexity index is 783. The maximum absolute atomic E-state index is 12.2. The van der Waals surface area contributed by atoms with Crippen molar-refractivity contribution in [1.82, 2.24) is 15.3 Å². The van der Waals surface area contributed by atoms with Crippen LogP contribution in [0.4, 0.5) is 5.69 Å². The molecule has 26 heavy (non-hydrogen) atoms. The first-order valence-electron chi connectivity index (χ1n) is 9.24. The molecule has 7 nitrogen and oxygen atoms in total. The number of anilines is 1. The second-order valence-electron chi connectivity index (χ2n) is 7.10. The summed E-state index contributed by atoms with van der Waals surface area (Å²) in [6, 6.07) is 3.83. The van der Waals surface area contributed by atoms with E-state index >= 15 is 0 Å². The summed E-state index contributed by atoms with van der Waals surface area (Å²) in [6.07, 6.45) is 7.84. The number of carbonyl (C=O) groups excluding carboxylic acids is 1. The average molecular weight is 356 g/mol. The lowest BCUT2D eigenvalue weighted by molar-refractivity contribution is -0.126. The highest BCUT2D eigenvalue weighted by Crippen LogP contribution is 2.30. The van der Waals surface area contributed by atoms with Crippen LogP contribution in [0.2, 0.25) is 0 Å². The van der Waals surface area contributed by atoms with Crippen LogP contribution in [0.1, 0.15) is 32.1 Å². The minimum Gasteiger partial charge on any atom is -0.488 e. The second-order valence-corrected chi connectivity index (χ2v) is 7.10. The highest BCUT2D eigenvalue weighted by atomic mass is 16.5. The van der Waals surface area contributed by atoms with E-state index in [2.05, 4.69) is 15.3 Å². The number of amides is 1. The molecule has 2 aromatic rings. The zero-order valence-corrected chi connectivity index (χ0v) is 14.7. The van der Waals surface area contributed by atoms with Gasteiger partial charge in [-0.2, -0.15) is 0 Å². The Hall–Kier alpha value is -2.41. The van der Waals surface area contributed by atoms with E-state index in [9.17, 15) is 4.79 Å². The second kappa shape index (κ2) is 7.45. The van der Waals surface area contributed by atoms with Gasteiger partial charge in [-0.05, 0) is 38.2 Å². The topological polar surface area (TPSA) is 99.4 Å². The Kier molecular flexibility index (Phi) is 4.88. The van der Waals surface area contributed by atoms with E-state index in [0.29, 0.717) is 24.7 Å². The van der Waals surface area contributed by atoms with Crippen molar-refractivity contribution >= 4 is 22.6 Å². The molecule has 0 bridgehead atoms. The van der Waals surface area contributed by atoms with Gasteiger partial charge < -0.3 is 20.5 Å². The predicted molar refractivity (Wildman–Crippen MR) is 97.7 cm³/mol. The van der Waals surface area contributed by atoms with Crippen LogP contribution in [0.5, 0.6) is 5.75 Å². The zero-order chi connectivity index (χ0) is 17.9. The van der Waals surface area contributed by atoms with Crippen molar-refractivity contribution in [2.45, 2.75) is 44.2 Å². The number of rotatable bonds is 4. The summed E-state index contributed by atoms with van der Waals surface area (Å²) in [5, 5.41) is 3.17. The van der Waals surface area contributed by atoms with Crippen LogP contribution < -0.4 is 15.8 Å². The largest absolute Gasteiger partial charge is 0.488 e. The molecule has 1 unspecified atom stereocenters. The summed E-state index contributed by atoms with van der Waals surface area (Å²) in [5.41, 5.74) is 8.05. The molecule has 3 N–H and O–H groups in total. The van der Waals surface area contributed by atoms with E-state index in [1.54, 1.807) is 18.5 Å². The lowest BCUT2D eigenvalue weighted by atomic mass is 9.92. The highest BCUT2D eigenvalue weighted by molar-refractivity contribution is 5.84. The molecular formula is C19H24N4O3. The highest BCUT2D eigenvalue weighted by Gasteiger charge is 2.28. The third-order valence-corrected chi connectivity index (χ3v) is 5.18. The molecule has 0 radical (unpaired) electrons. The zero-order valence-electron chi connectivity index (χ0n) is 14.7. The molecule has 1 saturated carbocycles. The average Bonchev–Trinajstić information content (AvgIpc) is 3.18. The number of aromatic nitrogens is 2. The van der Waals surface area contributed by atoms with Crippen LogP contribution in [0.25, 0.3) is 11.0 Å². The van der Waals surface area contributed by atoms with Crippen molar-refractivity contribution in [3.8, 4) is 5.75 Å². The molecule has 2 aliphatic rings. The van der Waals surface area contributed by atoms with Gasteiger partial charge in [-0.15, -0.1) is 0 Å². The first-order chi connectivity index (χ1) is 12.7. The summed E-state index contributed by atoms with van der Waals surface area (Å²) in [4.78, 5) is 20.9. The van der Waals surface area contributed by atoms with Crippen LogP contribution in [-0.4, -0.2) is 41.2 Å². The number of benzene rings is 1. The number of nitrogens with one attached hydrogen (secondary N) is 1. The summed E-state index contributed by atoms with van der Waals surface area (Å²) in [7, 11) is 0. The number of fused-ring (bicyclic) bond motifs is 1. The molecule has 138 valence electrons. The van der Waals surface area contributed by atoms with Crippen molar-refractivity contribution < 1.29 is 14.3 Å². The summed E-state index contributed by atoms with van der Waals surface area (Å²) >= 11 is 0. The predicted octanol–water partition coefficient (Wildman–Crippen LogP) is 2.05. The maximum Gasteiger partial charge on any atom is 0.225 e. The molecule has 1 aromatic heterocycles. The van der Waals surface area contributed by atoms with Crippen LogP contribution >= 0.6 is 0 Å². The lowest BCUT2D eigenvalue weighted by Gasteiger charge is -2.30. The van der Waals surface area contributed by atoms with Crippen LogP contribution in [-0.2, 0) is 9.53 Å². The molecule has 1 aliphatic heterocycles. The van der Waals surface area contributed by atoms with E-state index < -0.39 is 0 Å². The van der Waals surface area contributed by atoms with E-state index in [1.807, 2.05) is 6.07 Å². The standard InChI is InChI=1S/C19H24N4O3/c20-13-9-16-18(22-7-6-21-16)17(10-13)26-15-3-1-14(2-4-15)23-19(24)12-5-8-25-11-12/h6-7,9-10,12,14-15H,1-5,8,11,20H2,(H,23,24). The Morgan fingerprint density at radius 1 is 1.15 bits per heavy atom. The minimum absolute atomic E-state index is 0.0150. The van der Waals surface area contributed by atoms with Crippen LogP contribution in [0, 0.1) is 5.92 Å². The van der Waals surface area contributed by atoms with Gasteiger partial charge in [0.05, 0.1) is 24.1 Å². The quantitative estimate of drug-likeness (QED) is 0.814. The number of carbonyl (C=O) groups is 1. The Morgan fingerprint density at radius 2 is 1.96 bits per heavy atom. The Morgan fingerprint density at radius 3 is 2.73 bits per heavy atom. The van der Waals surface area contributed by atoms with Gasteiger partial charge in [-0.1, -0.05) is 0 Å². The van der Waals surface area contributed by atoms with Gasteiger partial charge in [0.25, 0.3) is 0 Å². The minimum atomic E-state index is 0.0150. The summed E-state index contributed by atoms with van der Waals surface area (Å²) < 4.78 is 11.5. The van der Waals surface area contributed by atoms with Crippen molar-refractivity contribution in [1.29, 1.82) is 0 Å². The van der Waals surface area contributed by atoms with Crippen LogP contribution in [0.15, 0.2) is 24.5 Å². The first-order valence-corrected chi connectivity index (χ1v) is 9.24. The van der Waals surface area contributed by atoms with Gasteiger partial charge in [-0.25, -0.2) is 4.98 Å². The summed E-state index contributed by atoms with van der Waals surface area (Å²) in [6.45, 7) is 1.24. The third kappa shape index (κ3) is 3.72. The maximum atomic E-state index is 12.2. The molecule has 4 rings (SSSR count). The molecule has 2 fully saturated rings. The molecule has 1 amide bonds. The van der Waals surface area contributed by atoms with E-state index in [4.69, 9.17) is 15.2 Å². The normalized spacial score (nSPS) is 25.9. The molecule has 2 heterocycles. The number of hydrogen-bond acceptors (Lipinski definition) is 6. The van der Waals surface area contributed by atoms with E-state index in [1.165, 1.54) is 0 Å². The number of ether oxygens (including phenoxy) is 2. The summed E-state index contributed by atoms with van der Waals surface area (Å²) in [5.74, 6) is 0.828. The van der Waals surface area contributed by atoms with Crippen molar-refractivity contribution in [2.24, 2.45) is 5.92 Å². The van der Waals surface area contributed by atoms with Gasteiger partial charge in [0.1, 0.15) is 11.3 Å². The van der Waals surface area contributed by atoms with Gasteiger partial charge in [0.15, 0.2) is 0 Å². The van der Waals surface area contributed by atoms with Gasteiger partial charge in [-0.3, -0.25) is 9.78 Å². The SMILES string of the molecule is Nc1cc(OC2CCC(NC(=O)C3CCOC3)CC2)c2nccnc2c1. The number of hydrogen-bond donors (Lipinski definition) is 2. The smallest absolute Gasteiger partial charge is 0.225 e. The number of nitrogen functional groups attached to an aromatic ring is 1. The van der Waals surface area contributed by atoms with Crippen molar-refractivity contribution in [3.63, 3.8) is 0 Å². The molecule has 7 heteroatoms. The first kappa shape index (κ1) is 17.0. The Labute approximate surface area is 152 Å². The molecule has 0 spiro atoms. The van der Waals surface area contributed by atoms with Crippen molar-refractivity contribution in [3.05, 3.63) is 24.5 Å². The van der Waals surface area contributed by atoms with Crippen LogP contribution in [0.3, 0.4) is 0 Å². The lowest BCUT2D eigenvalue weighted by Crippen LogP contribution is -2.42. The van der Waals surface area contributed by atoms with Gasteiger partial charge in [0.2, 0.25) is 5.91 Å². The van der Waals surface area contributed by atoms with Gasteiger partial charge >= 0.3 is 0 Å². The monoisotopic (exact) mass is 356 g/mol. The van der Waals surface area contributed by atoms with E-state index in [-0.39, 0.29) is 24.0 Å². The molecule has 1 aromatic carbocycles. The van der Waals surface area contributed by atoms with E-state index in [0.717, 1.165) is 43.1 Å². The molecular weight excluding hydrogens is 332 g/mol. The number of nitrogens with zero attached hydrogens (tertiary/aromatic N) is 2. The van der Waals surface area contributed by atoms with Crippen molar-refractivity contribution in [2.75, 3.05) is 18.9 Å². The fourth-order valence-corrected chi connectivity index (χ4v) is 3.72. The number of nitrogens with two attached hydrogens (primary N) is 1. The fourth-order valence-electron chi connectivity index (χ4n) is 3.72. The molecule has 1 aliphatic carbocycles. The third-order valence-electron chi connectivity index (χ3n) is 5.18. The van der Waals surface area contributed by atoms with Gasteiger partial charge in [0, 0.05) is 36.8 Å². The Balaban J connectivity index is 1.35. The fraction of sp³-hybridized carbons (Fsp3) is 0.526. The molecule has 1 atom stereocenters.